The molecule has 0 fully saturated rings. The summed E-state index contributed by atoms with van der Waals surface area (Å²) in [5, 5.41) is 5.54. The zero-order valence-electron chi connectivity index (χ0n) is 10.9. The molecule has 1 aromatic heterocycles. The van der Waals surface area contributed by atoms with Crippen LogP contribution >= 0.6 is 11.3 Å². The Balaban J connectivity index is 1.95. The molecule has 0 aliphatic carbocycles. The summed E-state index contributed by atoms with van der Waals surface area (Å²) in [4.78, 5) is 24.2. The molecule has 0 saturated heterocycles. The molecule has 0 aliphatic rings. The number of nitrogens with one attached hydrogen (secondary N) is 2. The van der Waals surface area contributed by atoms with Crippen LogP contribution in [-0.4, -0.2) is 11.9 Å². The summed E-state index contributed by atoms with van der Waals surface area (Å²) >= 11 is 1.28. The van der Waals surface area contributed by atoms with E-state index in [0.717, 1.165) is 10.6 Å². The Hall–Kier alpha value is -2.34. The van der Waals surface area contributed by atoms with Crippen molar-refractivity contribution in [1.29, 1.82) is 0 Å². The Labute approximate surface area is 120 Å². The van der Waals surface area contributed by atoms with Crippen LogP contribution in [0.2, 0.25) is 0 Å². The average Bonchev–Trinajstić information content (AvgIpc) is 2.89. The highest BCUT2D eigenvalue weighted by molar-refractivity contribution is 7.14. The highest BCUT2D eigenvalue weighted by atomic mass is 32.1. The molecule has 1 heterocycles. The summed E-state index contributed by atoms with van der Waals surface area (Å²) < 4.78 is 0. The zero-order chi connectivity index (χ0) is 14.5. The molecule has 2 rings (SSSR count). The minimum Gasteiger partial charge on any atom is -0.365 e. The first-order valence-corrected chi connectivity index (χ1v) is 6.90. The Morgan fingerprint density at radius 1 is 1.15 bits per heavy atom. The summed E-state index contributed by atoms with van der Waals surface area (Å²) in [5.41, 5.74) is 5.93. The molecule has 5 nitrogen and oxygen atoms in total. The number of carbonyl (C=O) groups is 2. The molecule has 3 amide bonds. The van der Waals surface area contributed by atoms with Gasteiger partial charge in [0.15, 0.2) is 0 Å². The van der Waals surface area contributed by atoms with Crippen LogP contribution in [0.25, 0.3) is 0 Å². The maximum Gasteiger partial charge on any atom is 0.319 e. The van der Waals surface area contributed by atoms with Gasteiger partial charge in [-0.2, -0.15) is 0 Å². The SMILES string of the molecule is CC(NC(=O)Nc1ccccc1)c1ccc(C(N)=O)s1. The highest BCUT2D eigenvalue weighted by Gasteiger charge is 2.13. The second-order valence-electron chi connectivity index (χ2n) is 4.25. The van der Waals surface area contributed by atoms with Crippen molar-refractivity contribution in [2.75, 3.05) is 5.32 Å². The molecule has 2 aromatic rings. The number of urea groups is 1. The topological polar surface area (TPSA) is 84.2 Å². The van der Waals surface area contributed by atoms with E-state index in [2.05, 4.69) is 10.6 Å². The van der Waals surface area contributed by atoms with Gasteiger partial charge in [0.2, 0.25) is 0 Å². The molecule has 1 aromatic carbocycles. The lowest BCUT2D eigenvalue weighted by molar-refractivity contribution is 0.100. The lowest BCUT2D eigenvalue weighted by Gasteiger charge is -2.13. The maximum atomic E-state index is 11.8. The smallest absolute Gasteiger partial charge is 0.319 e. The van der Waals surface area contributed by atoms with E-state index >= 15 is 0 Å². The number of para-hydroxylation sites is 1. The molecule has 0 aliphatic heterocycles. The lowest BCUT2D eigenvalue weighted by Crippen LogP contribution is -2.30. The average molecular weight is 289 g/mol. The van der Waals surface area contributed by atoms with E-state index in [1.807, 2.05) is 25.1 Å². The summed E-state index contributed by atoms with van der Waals surface area (Å²) in [6, 6.07) is 12.1. The lowest BCUT2D eigenvalue weighted by atomic mass is 10.3. The Kier molecular flexibility index (Phi) is 4.37. The van der Waals surface area contributed by atoms with Gasteiger partial charge in [-0.3, -0.25) is 4.79 Å². The molecule has 0 bridgehead atoms. The number of rotatable bonds is 4. The minimum absolute atomic E-state index is 0.197. The molecule has 0 radical (unpaired) electrons. The largest absolute Gasteiger partial charge is 0.365 e. The van der Waals surface area contributed by atoms with Crippen molar-refractivity contribution in [2.45, 2.75) is 13.0 Å². The third-order valence-corrected chi connectivity index (χ3v) is 3.96. The predicted molar refractivity (Wildman–Crippen MR) is 79.8 cm³/mol. The normalized spacial score (nSPS) is 11.7. The summed E-state index contributed by atoms with van der Waals surface area (Å²) in [6.45, 7) is 1.85. The number of hydrogen-bond donors (Lipinski definition) is 3. The van der Waals surface area contributed by atoms with Crippen molar-refractivity contribution in [3.8, 4) is 0 Å². The van der Waals surface area contributed by atoms with Crippen LogP contribution < -0.4 is 16.4 Å². The third-order valence-electron chi connectivity index (χ3n) is 2.68. The quantitative estimate of drug-likeness (QED) is 0.808. The third kappa shape index (κ3) is 3.58. The van der Waals surface area contributed by atoms with E-state index < -0.39 is 5.91 Å². The minimum atomic E-state index is -0.456. The van der Waals surface area contributed by atoms with Gasteiger partial charge in [0.25, 0.3) is 5.91 Å². The molecular formula is C14H15N3O2S. The van der Waals surface area contributed by atoms with E-state index in [1.165, 1.54) is 11.3 Å². The Morgan fingerprint density at radius 3 is 2.45 bits per heavy atom. The maximum absolute atomic E-state index is 11.8. The summed E-state index contributed by atoms with van der Waals surface area (Å²) in [7, 11) is 0. The summed E-state index contributed by atoms with van der Waals surface area (Å²) in [5.74, 6) is -0.456. The first-order chi connectivity index (χ1) is 9.56. The molecule has 1 unspecified atom stereocenters. The molecule has 104 valence electrons. The Morgan fingerprint density at radius 2 is 1.85 bits per heavy atom. The standard InChI is InChI=1S/C14H15N3O2S/c1-9(11-7-8-12(20-11)13(15)18)16-14(19)17-10-5-3-2-4-6-10/h2-9H,1H3,(H2,15,18)(H2,16,17,19). The fraction of sp³-hybridized carbons (Fsp3) is 0.143. The van der Waals surface area contributed by atoms with Gasteiger partial charge in [-0.1, -0.05) is 18.2 Å². The fourth-order valence-electron chi connectivity index (χ4n) is 1.67. The van der Waals surface area contributed by atoms with Gasteiger partial charge in [0.1, 0.15) is 0 Å². The van der Waals surface area contributed by atoms with Crippen molar-refractivity contribution in [1.82, 2.24) is 5.32 Å². The van der Waals surface area contributed by atoms with Crippen LogP contribution in [0.15, 0.2) is 42.5 Å². The first kappa shape index (κ1) is 14.1. The zero-order valence-corrected chi connectivity index (χ0v) is 11.7. The van der Waals surface area contributed by atoms with Gasteiger partial charge >= 0.3 is 6.03 Å². The predicted octanol–water partition coefficient (Wildman–Crippen LogP) is 2.73. The molecule has 0 spiro atoms. The van der Waals surface area contributed by atoms with E-state index in [1.54, 1.807) is 24.3 Å². The van der Waals surface area contributed by atoms with Crippen molar-refractivity contribution >= 4 is 29.0 Å². The second kappa shape index (κ2) is 6.21. The number of hydrogen-bond acceptors (Lipinski definition) is 3. The van der Waals surface area contributed by atoms with Gasteiger partial charge in [0.05, 0.1) is 10.9 Å². The van der Waals surface area contributed by atoms with Crippen LogP contribution in [0.3, 0.4) is 0 Å². The van der Waals surface area contributed by atoms with E-state index in [4.69, 9.17) is 5.73 Å². The van der Waals surface area contributed by atoms with Crippen LogP contribution in [0.5, 0.6) is 0 Å². The first-order valence-electron chi connectivity index (χ1n) is 6.08. The van der Waals surface area contributed by atoms with E-state index in [-0.39, 0.29) is 12.1 Å². The van der Waals surface area contributed by atoms with Crippen LogP contribution in [0.4, 0.5) is 10.5 Å². The number of amides is 3. The Bertz CT molecular complexity index is 610. The molecule has 0 saturated carbocycles. The summed E-state index contributed by atoms with van der Waals surface area (Å²) in [6.07, 6.45) is 0. The second-order valence-corrected chi connectivity index (χ2v) is 5.37. The molecule has 6 heteroatoms. The number of carbonyl (C=O) groups excluding carboxylic acids is 2. The molecule has 20 heavy (non-hydrogen) atoms. The number of nitrogens with two attached hydrogens (primary N) is 1. The van der Waals surface area contributed by atoms with Crippen LogP contribution in [0.1, 0.15) is 27.5 Å². The molecular weight excluding hydrogens is 274 g/mol. The van der Waals surface area contributed by atoms with E-state index in [0.29, 0.717) is 4.88 Å². The van der Waals surface area contributed by atoms with E-state index in [9.17, 15) is 9.59 Å². The highest BCUT2D eigenvalue weighted by Crippen LogP contribution is 2.22. The number of thiophene rings is 1. The van der Waals surface area contributed by atoms with Crippen molar-refractivity contribution in [3.63, 3.8) is 0 Å². The van der Waals surface area contributed by atoms with Gasteiger partial charge in [0, 0.05) is 10.6 Å². The van der Waals surface area contributed by atoms with Gasteiger partial charge in [-0.05, 0) is 31.2 Å². The number of primary amides is 1. The van der Waals surface area contributed by atoms with Crippen molar-refractivity contribution < 1.29 is 9.59 Å². The fourth-order valence-corrected chi connectivity index (χ4v) is 2.54. The van der Waals surface area contributed by atoms with Gasteiger partial charge in [-0.25, -0.2) is 4.79 Å². The van der Waals surface area contributed by atoms with Gasteiger partial charge in [-0.15, -0.1) is 11.3 Å². The molecule has 4 N–H and O–H groups in total. The van der Waals surface area contributed by atoms with Gasteiger partial charge < -0.3 is 16.4 Å². The molecule has 1 atom stereocenters. The monoisotopic (exact) mass is 289 g/mol. The van der Waals surface area contributed by atoms with Crippen LogP contribution in [-0.2, 0) is 0 Å². The number of benzene rings is 1. The number of anilines is 1. The van der Waals surface area contributed by atoms with Crippen molar-refractivity contribution in [3.05, 3.63) is 52.2 Å². The van der Waals surface area contributed by atoms with Crippen LogP contribution in [0, 0.1) is 0 Å². The van der Waals surface area contributed by atoms with Crippen molar-refractivity contribution in [2.24, 2.45) is 5.73 Å².